The molecule has 6 rings (SSSR count). The van der Waals surface area contributed by atoms with Gasteiger partial charge in [0.1, 0.15) is 17.1 Å². The van der Waals surface area contributed by atoms with E-state index in [1.807, 2.05) is 57.2 Å². The molecule has 1 fully saturated rings. The van der Waals surface area contributed by atoms with E-state index in [0.29, 0.717) is 59.4 Å². The van der Waals surface area contributed by atoms with Gasteiger partial charge in [-0.15, -0.1) is 0 Å². The normalized spacial score (nSPS) is 15.2. The van der Waals surface area contributed by atoms with Crippen LogP contribution in [0.5, 0.6) is 0 Å². The molecule has 0 radical (unpaired) electrons. The number of carbonyl (C=O) groups excluding carboxylic acids is 2. The average Bonchev–Trinajstić information content (AvgIpc) is 3.37. The smallest absolute Gasteiger partial charge is 0.410 e. The molecule has 256 valence electrons. The number of aliphatic hydroxyl groups is 1. The number of amides is 2. The Morgan fingerprint density at radius 3 is 2.53 bits per heavy atom. The number of aryl methyl sites for hydroxylation is 1. The first kappa shape index (κ1) is 33.9. The van der Waals surface area contributed by atoms with Gasteiger partial charge in [0.2, 0.25) is 0 Å². The molecular formula is C39H45N5O5. The summed E-state index contributed by atoms with van der Waals surface area (Å²) in [7, 11) is 1.68. The molecule has 49 heavy (non-hydrogen) atoms. The number of aliphatic hydroxyl groups excluding tert-OH is 1. The standard InChI is InChI=1S/C39H45N5O5/c1-7-9-24(2)25-12-14-31-27(16-25)22-44(36(31)46)34-11-8-10-30(32(34)23-45)28-17-33(37(47)42(6)19-28)41-35-15-13-26(18-40-35)29-20-43(21-29)38(48)49-39(3,4)5/h8,10-19,24,29,45H,7,9,20-23H2,1-6H3,(H,40,41). The minimum absolute atomic E-state index is 0.0895. The van der Waals surface area contributed by atoms with Gasteiger partial charge in [-0.1, -0.05) is 50.6 Å². The van der Waals surface area contributed by atoms with Crippen LogP contribution >= 0.6 is 0 Å². The number of ether oxygens (including phenoxy) is 1. The lowest BCUT2D eigenvalue weighted by molar-refractivity contribution is 0.00815. The number of likely N-dealkylation sites (tertiary alicyclic amines) is 1. The Balaban J connectivity index is 1.21. The fraction of sp³-hybridized carbons (Fsp3) is 0.385. The van der Waals surface area contributed by atoms with Crippen molar-refractivity contribution in [2.24, 2.45) is 7.05 Å². The third-order valence-electron chi connectivity index (χ3n) is 9.37. The maximum absolute atomic E-state index is 13.6. The van der Waals surface area contributed by atoms with Gasteiger partial charge >= 0.3 is 6.09 Å². The van der Waals surface area contributed by atoms with E-state index < -0.39 is 5.60 Å². The SMILES string of the molecule is CCCC(C)c1ccc2c(c1)CN(c1cccc(-c3cc(Nc4ccc(C5CN(C(=O)OC(C)(C)C)C5)cn4)c(=O)n(C)c3)c1CO)C2=O. The van der Waals surface area contributed by atoms with Gasteiger partial charge in [-0.2, -0.15) is 0 Å². The van der Waals surface area contributed by atoms with Gasteiger partial charge in [-0.05, 0) is 79.6 Å². The van der Waals surface area contributed by atoms with Crippen molar-refractivity contribution in [3.05, 3.63) is 105 Å². The zero-order valence-electron chi connectivity index (χ0n) is 29.1. The highest BCUT2D eigenvalue weighted by molar-refractivity contribution is 6.10. The number of nitrogens with zero attached hydrogens (tertiary/aromatic N) is 4. The van der Waals surface area contributed by atoms with Crippen molar-refractivity contribution in [2.75, 3.05) is 23.3 Å². The third-order valence-corrected chi connectivity index (χ3v) is 9.37. The van der Waals surface area contributed by atoms with Gasteiger partial charge in [0.05, 0.1) is 18.8 Å². The molecule has 0 bridgehead atoms. The summed E-state index contributed by atoms with van der Waals surface area (Å²) in [4.78, 5) is 47.1. The molecule has 10 heteroatoms. The Bertz CT molecular complexity index is 1940. The lowest BCUT2D eigenvalue weighted by Gasteiger charge is -2.39. The largest absolute Gasteiger partial charge is 0.444 e. The summed E-state index contributed by atoms with van der Waals surface area (Å²) in [5.41, 5.74) is 6.15. The van der Waals surface area contributed by atoms with E-state index in [9.17, 15) is 19.5 Å². The maximum atomic E-state index is 13.6. The Morgan fingerprint density at radius 2 is 1.86 bits per heavy atom. The van der Waals surface area contributed by atoms with Crippen LogP contribution in [0, 0.1) is 0 Å². The van der Waals surface area contributed by atoms with Crippen molar-refractivity contribution in [1.29, 1.82) is 0 Å². The molecule has 1 saturated heterocycles. The van der Waals surface area contributed by atoms with Crippen LogP contribution in [-0.4, -0.2) is 50.2 Å². The lowest BCUT2D eigenvalue weighted by Crippen LogP contribution is -2.50. The van der Waals surface area contributed by atoms with Crippen LogP contribution in [0.15, 0.2) is 71.8 Å². The first-order chi connectivity index (χ1) is 23.4. The Hall–Kier alpha value is -4.96. The topological polar surface area (TPSA) is 117 Å². The van der Waals surface area contributed by atoms with Crippen LogP contribution in [0.1, 0.15) is 91.9 Å². The summed E-state index contributed by atoms with van der Waals surface area (Å²) in [5, 5.41) is 13.8. The fourth-order valence-corrected chi connectivity index (χ4v) is 6.68. The van der Waals surface area contributed by atoms with Gasteiger partial charge in [0.25, 0.3) is 11.5 Å². The number of carbonyl (C=O) groups is 2. The number of benzene rings is 2. The molecule has 2 aliphatic heterocycles. The molecule has 4 aromatic rings. The molecule has 0 saturated carbocycles. The van der Waals surface area contributed by atoms with Gasteiger partial charge < -0.3 is 29.5 Å². The monoisotopic (exact) mass is 663 g/mol. The quantitative estimate of drug-likeness (QED) is 0.197. The summed E-state index contributed by atoms with van der Waals surface area (Å²) in [6.07, 6.45) is 5.36. The second-order valence-corrected chi connectivity index (χ2v) is 14.2. The van der Waals surface area contributed by atoms with Gasteiger partial charge in [0.15, 0.2) is 0 Å². The third kappa shape index (κ3) is 6.96. The molecule has 10 nitrogen and oxygen atoms in total. The maximum Gasteiger partial charge on any atom is 0.410 e. The van der Waals surface area contributed by atoms with Gasteiger partial charge in [-0.25, -0.2) is 9.78 Å². The minimum Gasteiger partial charge on any atom is -0.444 e. The van der Waals surface area contributed by atoms with E-state index in [0.717, 1.165) is 29.5 Å². The molecule has 0 aliphatic carbocycles. The summed E-state index contributed by atoms with van der Waals surface area (Å²) in [6.45, 7) is 11.2. The Morgan fingerprint density at radius 1 is 1.08 bits per heavy atom. The van der Waals surface area contributed by atoms with Crippen LogP contribution in [0.4, 0.5) is 22.0 Å². The number of pyridine rings is 2. The number of aromatic nitrogens is 2. The zero-order chi connectivity index (χ0) is 35.0. The molecule has 2 N–H and O–H groups in total. The number of fused-ring (bicyclic) bond motifs is 1. The van der Waals surface area contributed by atoms with Crippen LogP contribution in [0.2, 0.25) is 0 Å². The Kier molecular flexibility index (Phi) is 9.35. The van der Waals surface area contributed by atoms with Crippen LogP contribution in [0.3, 0.4) is 0 Å². The summed E-state index contributed by atoms with van der Waals surface area (Å²) < 4.78 is 6.95. The first-order valence-electron chi connectivity index (χ1n) is 17.0. The van der Waals surface area contributed by atoms with Crippen LogP contribution in [-0.2, 0) is 24.9 Å². The zero-order valence-corrected chi connectivity index (χ0v) is 29.1. The summed E-state index contributed by atoms with van der Waals surface area (Å²) in [5.74, 6) is 0.992. The second-order valence-electron chi connectivity index (χ2n) is 14.2. The molecule has 1 atom stereocenters. The highest BCUT2D eigenvalue weighted by atomic mass is 16.6. The van der Waals surface area contributed by atoms with E-state index in [-0.39, 0.29) is 30.1 Å². The second kappa shape index (κ2) is 13.5. The number of anilines is 3. The van der Waals surface area contributed by atoms with E-state index in [1.54, 1.807) is 35.3 Å². The van der Waals surface area contributed by atoms with E-state index in [1.165, 1.54) is 10.1 Å². The molecule has 2 amide bonds. The van der Waals surface area contributed by atoms with E-state index in [2.05, 4.69) is 36.3 Å². The van der Waals surface area contributed by atoms with Crippen molar-refractivity contribution in [3.63, 3.8) is 0 Å². The van der Waals surface area contributed by atoms with Crippen LogP contribution < -0.4 is 15.8 Å². The number of nitrogens with one attached hydrogen (secondary N) is 1. The van der Waals surface area contributed by atoms with Crippen molar-refractivity contribution in [3.8, 4) is 11.1 Å². The van der Waals surface area contributed by atoms with Crippen molar-refractivity contribution in [2.45, 2.75) is 78.0 Å². The highest BCUT2D eigenvalue weighted by Gasteiger charge is 2.35. The highest BCUT2D eigenvalue weighted by Crippen LogP contribution is 2.37. The predicted octanol–water partition coefficient (Wildman–Crippen LogP) is 7.08. The fourth-order valence-electron chi connectivity index (χ4n) is 6.68. The Labute approximate surface area is 287 Å². The molecule has 0 spiro atoms. The average molecular weight is 664 g/mol. The summed E-state index contributed by atoms with van der Waals surface area (Å²) >= 11 is 0. The number of rotatable bonds is 9. The van der Waals surface area contributed by atoms with E-state index in [4.69, 9.17) is 4.74 Å². The molecule has 2 aromatic heterocycles. The molecule has 2 aliphatic rings. The van der Waals surface area contributed by atoms with Crippen molar-refractivity contribution in [1.82, 2.24) is 14.5 Å². The molecule has 4 heterocycles. The molecule has 1 unspecified atom stereocenters. The van der Waals surface area contributed by atoms with Crippen molar-refractivity contribution >= 4 is 29.2 Å². The van der Waals surface area contributed by atoms with Gasteiger partial charge in [-0.3, -0.25) is 9.59 Å². The van der Waals surface area contributed by atoms with Gasteiger partial charge in [0, 0.05) is 55.1 Å². The molecular weight excluding hydrogens is 618 g/mol. The predicted molar refractivity (Wildman–Crippen MR) is 191 cm³/mol. The van der Waals surface area contributed by atoms with Crippen LogP contribution in [0.25, 0.3) is 11.1 Å². The number of hydrogen-bond acceptors (Lipinski definition) is 7. The number of hydrogen-bond donors (Lipinski definition) is 2. The molecule has 2 aromatic carbocycles. The lowest BCUT2D eigenvalue weighted by atomic mass is 9.93. The first-order valence-corrected chi connectivity index (χ1v) is 17.0. The van der Waals surface area contributed by atoms with Crippen molar-refractivity contribution < 1.29 is 19.4 Å². The van der Waals surface area contributed by atoms with E-state index >= 15 is 0 Å². The minimum atomic E-state index is -0.537. The summed E-state index contributed by atoms with van der Waals surface area (Å²) in [6, 6.07) is 17.3.